The molecule has 1 aliphatic heterocycles. The number of carbonyl (C=O) groups is 1. The SMILES string of the molecule is CCC(C)C(NC)C(=O)NCC1CN(C#N)C1. The molecule has 0 aromatic rings. The van der Waals surface area contributed by atoms with Gasteiger partial charge in [0.15, 0.2) is 6.19 Å². The summed E-state index contributed by atoms with van der Waals surface area (Å²) in [5.74, 6) is 0.822. The Morgan fingerprint density at radius 3 is 2.71 bits per heavy atom. The lowest BCUT2D eigenvalue weighted by molar-refractivity contribution is -0.124. The van der Waals surface area contributed by atoms with Crippen LogP contribution in [-0.4, -0.2) is 43.5 Å². The third-order valence-electron chi connectivity index (χ3n) is 3.47. The molecule has 0 aromatic heterocycles. The molecule has 0 aromatic carbocycles. The van der Waals surface area contributed by atoms with Crippen LogP contribution in [0.25, 0.3) is 0 Å². The molecule has 0 saturated carbocycles. The molecule has 1 fully saturated rings. The smallest absolute Gasteiger partial charge is 0.237 e. The number of likely N-dealkylation sites (tertiary alicyclic amines) is 1. The molecule has 0 radical (unpaired) electrons. The maximum atomic E-state index is 11.9. The highest BCUT2D eigenvalue weighted by molar-refractivity contribution is 5.82. The van der Waals surface area contributed by atoms with Crippen LogP contribution in [0, 0.1) is 23.3 Å². The van der Waals surface area contributed by atoms with E-state index in [9.17, 15) is 4.79 Å². The molecule has 1 saturated heterocycles. The molecule has 17 heavy (non-hydrogen) atoms. The lowest BCUT2D eigenvalue weighted by atomic mass is 9.97. The number of hydrogen-bond donors (Lipinski definition) is 2. The second-order valence-electron chi connectivity index (χ2n) is 4.77. The van der Waals surface area contributed by atoms with Gasteiger partial charge in [-0.05, 0) is 13.0 Å². The number of nitrogens with zero attached hydrogens (tertiary/aromatic N) is 2. The zero-order chi connectivity index (χ0) is 12.8. The zero-order valence-electron chi connectivity index (χ0n) is 10.9. The first-order valence-corrected chi connectivity index (χ1v) is 6.22. The van der Waals surface area contributed by atoms with Crippen molar-refractivity contribution in [3.8, 4) is 6.19 Å². The van der Waals surface area contributed by atoms with Crippen LogP contribution in [0.4, 0.5) is 0 Å². The predicted molar refractivity (Wildman–Crippen MR) is 66.0 cm³/mol. The first kappa shape index (κ1) is 13.8. The van der Waals surface area contributed by atoms with Crippen LogP contribution in [0.1, 0.15) is 20.3 Å². The number of carbonyl (C=O) groups excluding carboxylic acids is 1. The second-order valence-corrected chi connectivity index (χ2v) is 4.77. The maximum Gasteiger partial charge on any atom is 0.237 e. The topological polar surface area (TPSA) is 68.2 Å². The van der Waals surface area contributed by atoms with E-state index >= 15 is 0 Å². The van der Waals surface area contributed by atoms with Gasteiger partial charge in [-0.15, -0.1) is 0 Å². The number of likely N-dealkylation sites (N-methyl/N-ethyl adjacent to an activating group) is 1. The van der Waals surface area contributed by atoms with E-state index < -0.39 is 0 Å². The fraction of sp³-hybridized carbons (Fsp3) is 0.833. The van der Waals surface area contributed by atoms with Crippen molar-refractivity contribution in [3.05, 3.63) is 0 Å². The van der Waals surface area contributed by atoms with Gasteiger partial charge in [-0.1, -0.05) is 20.3 Å². The molecule has 0 bridgehead atoms. The summed E-state index contributed by atoms with van der Waals surface area (Å²) in [5.41, 5.74) is 0. The van der Waals surface area contributed by atoms with E-state index in [1.807, 2.05) is 7.05 Å². The molecule has 5 nitrogen and oxygen atoms in total. The highest BCUT2D eigenvalue weighted by atomic mass is 16.2. The summed E-state index contributed by atoms with van der Waals surface area (Å²) < 4.78 is 0. The minimum absolute atomic E-state index is 0.0669. The van der Waals surface area contributed by atoms with Crippen LogP contribution < -0.4 is 10.6 Å². The fourth-order valence-corrected chi connectivity index (χ4v) is 2.05. The number of nitrogens with one attached hydrogen (secondary N) is 2. The van der Waals surface area contributed by atoms with Gasteiger partial charge >= 0.3 is 0 Å². The molecule has 5 heteroatoms. The molecular weight excluding hydrogens is 216 g/mol. The van der Waals surface area contributed by atoms with Crippen molar-refractivity contribution in [3.63, 3.8) is 0 Å². The number of hydrogen-bond acceptors (Lipinski definition) is 4. The monoisotopic (exact) mass is 238 g/mol. The predicted octanol–water partition coefficient (Wildman–Crippen LogP) is 0.150. The van der Waals surface area contributed by atoms with Gasteiger partial charge < -0.3 is 15.5 Å². The normalized spacial score (nSPS) is 19.1. The van der Waals surface area contributed by atoms with E-state index in [4.69, 9.17) is 5.26 Å². The largest absolute Gasteiger partial charge is 0.354 e. The van der Waals surface area contributed by atoms with Crippen LogP contribution in [-0.2, 0) is 4.79 Å². The van der Waals surface area contributed by atoms with Crippen molar-refractivity contribution in [2.75, 3.05) is 26.7 Å². The molecule has 2 unspecified atom stereocenters. The number of rotatable bonds is 6. The van der Waals surface area contributed by atoms with Gasteiger partial charge in [0.05, 0.1) is 6.04 Å². The van der Waals surface area contributed by atoms with Crippen molar-refractivity contribution in [1.29, 1.82) is 5.26 Å². The molecular formula is C12H22N4O. The minimum atomic E-state index is -0.118. The Morgan fingerprint density at radius 2 is 2.24 bits per heavy atom. The van der Waals surface area contributed by atoms with E-state index in [0.29, 0.717) is 18.4 Å². The van der Waals surface area contributed by atoms with Crippen molar-refractivity contribution in [2.45, 2.75) is 26.3 Å². The van der Waals surface area contributed by atoms with E-state index in [1.165, 1.54) is 0 Å². The standard InChI is InChI=1S/C12H22N4O/c1-4-9(2)11(14-3)12(17)15-5-10-6-16(7-10)8-13/h9-11,14H,4-7H2,1-3H3,(H,15,17). The van der Waals surface area contributed by atoms with Crippen molar-refractivity contribution < 1.29 is 4.79 Å². The molecule has 0 spiro atoms. The van der Waals surface area contributed by atoms with Crippen LogP contribution in [0.15, 0.2) is 0 Å². The van der Waals surface area contributed by atoms with Crippen molar-refractivity contribution in [1.82, 2.24) is 15.5 Å². The van der Waals surface area contributed by atoms with Gasteiger partial charge in [-0.3, -0.25) is 4.79 Å². The van der Waals surface area contributed by atoms with Crippen LogP contribution in [0.3, 0.4) is 0 Å². The number of amides is 1. The fourth-order valence-electron chi connectivity index (χ4n) is 2.05. The average molecular weight is 238 g/mol. The Balaban J connectivity index is 2.27. The van der Waals surface area contributed by atoms with Gasteiger partial charge in [0.25, 0.3) is 0 Å². The number of nitriles is 1. The summed E-state index contributed by atoms with van der Waals surface area (Å²) in [4.78, 5) is 13.6. The molecule has 1 heterocycles. The first-order valence-electron chi connectivity index (χ1n) is 6.22. The summed E-state index contributed by atoms with van der Waals surface area (Å²) in [6, 6.07) is -0.118. The summed E-state index contributed by atoms with van der Waals surface area (Å²) in [5, 5.41) is 14.6. The summed E-state index contributed by atoms with van der Waals surface area (Å²) >= 11 is 0. The lowest BCUT2D eigenvalue weighted by Gasteiger charge is -2.35. The van der Waals surface area contributed by atoms with Crippen molar-refractivity contribution in [2.24, 2.45) is 11.8 Å². The van der Waals surface area contributed by atoms with Crippen LogP contribution in [0.2, 0.25) is 0 Å². The van der Waals surface area contributed by atoms with Crippen LogP contribution >= 0.6 is 0 Å². The van der Waals surface area contributed by atoms with Gasteiger partial charge in [0, 0.05) is 25.6 Å². The average Bonchev–Trinajstić information content (AvgIpc) is 2.28. The van der Waals surface area contributed by atoms with E-state index in [1.54, 1.807) is 4.90 Å². The summed E-state index contributed by atoms with van der Waals surface area (Å²) in [6.45, 7) is 6.36. The summed E-state index contributed by atoms with van der Waals surface area (Å²) in [6.07, 6.45) is 3.07. The third kappa shape index (κ3) is 3.60. The summed E-state index contributed by atoms with van der Waals surface area (Å²) in [7, 11) is 1.82. The van der Waals surface area contributed by atoms with E-state index in [2.05, 4.69) is 30.7 Å². The maximum absolute atomic E-state index is 11.9. The minimum Gasteiger partial charge on any atom is -0.354 e. The Morgan fingerprint density at radius 1 is 1.59 bits per heavy atom. The molecule has 1 amide bonds. The molecule has 1 rings (SSSR count). The molecule has 2 N–H and O–H groups in total. The molecule has 1 aliphatic rings. The van der Waals surface area contributed by atoms with Gasteiger partial charge in [0.2, 0.25) is 5.91 Å². The molecule has 0 aliphatic carbocycles. The van der Waals surface area contributed by atoms with Gasteiger partial charge in [0.1, 0.15) is 0 Å². The Hall–Kier alpha value is -1.28. The van der Waals surface area contributed by atoms with Gasteiger partial charge in [-0.25, -0.2) is 0 Å². The Labute approximate surface area is 103 Å². The first-order chi connectivity index (χ1) is 8.12. The zero-order valence-corrected chi connectivity index (χ0v) is 10.9. The van der Waals surface area contributed by atoms with Gasteiger partial charge in [-0.2, -0.15) is 5.26 Å². The van der Waals surface area contributed by atoms with Crippen LogP contribution in [0.5, 0.6) is 0 Å². The van der Waals surface area contributed by atoms with Crippen molar-refractivity contribution >= 4 is 5.91 Å². The Bertz CT molecular complexity index is 293. The van der Waals surface area contributed by atoms with E-state index in [-0.39, 0.29) is 11.9 Å². The quantitative estimate of drug-likeness (QED) is 0.646. The van der Waals surface area contributed by atoms with E-state index in [0.717, 1.165) is 19.5 Å². The molecule has 2 atom stereocenters. The third-order valence-corrected chi connectivity index (χ3v) is 3.47. The highest BCUT2D eigenvalue weighted by Gasteiger charge is 2.28. The lowest BCUT2D eigenvalue weighted by Crippen LogP contribution is -2.52. The second kappa shape index (κ2) is 6.45. The highest BCUT2D eigenvalue weighted by Crippen LogP contribution is 2.13. The molecule has 96 valence electrons. The Kier molecular flexibility index (Phi) is 5.23.